The lowest BCUT2D eigenvalue weighted by molar-refractivity contribution is -0.135. The van der Waals surface area contributed by atoms with E-state index in [1.54, 1.807) is 30.3 Å². The number of rotatable bonds is 7. The van der Waals surface area contributed by atoms with Crippen LogP contribution in [0.3, 0.4) is 0 Å². The lowest BCUT2D eigenvalue weighted by Gasteiger charge is -2.12. The molecule has 0 fully saturated rings. The molecule has 0 bridgehead atoms. The highest BCUT2D eigenvalue weighted by Crippen LogP contribution is 2.37. The van der Waals surface area contributed by atoms with Crippen molar-refractivity contribution in [3.8, 4) is 23.8 Å². The highest BCUT2D eigenvalue weighted by atomic mass is 35.5. The number of benzene rings is 2. The molecule has 0 spiro atoms. The number of aliphatic carboxylic acids is 1. The molecule has 0 unspecified atom stereocenters. The van der Waals surface area contributed by atoms with E-state index in [2.05, 4.69) is 10.9 Å². The Bertz CT molecular complexity index is 1060. The van der Waals surface area contributed by atoms with Gasteiger partial charge in [-0.05, 0) is 35.9 Å². The summed E-state index contributed by atoms with van der Waals surface area (Å²) >= 11 is 6.29. The Hall–Kier alpha value is -3.43. The standard InChI is InChI=1S/C21H16ClNO5/c1-3-8-27-20-15(22)10-13(11-18(20)26-2)9-14(12-19(24)25)21-23-16-6-4-5-7-17(16)28-21/h1,4-7,9-11H,8,12H2,2H3,(H,24,25). The van der Waals surface area contributed by atoms with E-state index >= 15 is 0 Å². The van der Waals surface area contributed by atoms with Crippen molar-refractivity contribution in [3.05, 3.63) is 52.9 Å². The molecule has 1 aromatic heterocycles. The smallest absolute Gasteiger partial charge is 0.308 e. The molecular weight excluding hydrogens is 382 g/mol. The van der Waals surface area contributed by atoms with Gasteiger partial charge in [-0.15, -0.1) is 6.42 Å². The van der Waals surface area contributed by atoms with Crippen molar-refractivity contribution < 1.29 is 23.8 Å². The van der Waals surface area contributed by atoms with E-state index in [1.807, 2.05) is 12.1 Å². The molecule has 0 aliphatic carbocycles. The number of carboxylic acids is 1. The van der Waals surface area contributed by atoms with Gasteiger partial charge in [-0.2, -0.15) is 0 Å². The zero-order valence-electron chi connectivity index (χ0n) is 14.9. The molecule has 1 heterocycles. The van der Waals surface area contributed by atoms with Crippen LogP contribution >= 0.6 is 11.6 Å². The second-order valence-corrected chi connectivity index (χ2v) is 6.16. The number of aromatic nitrogens is 1. The zero-order chi connectivity index (χ0) is 20.1. The molecule has 0 saturated heterocycles. The van der Waals surface area contributed by atoms with Crippen molar-refractivity contribution in [1.29, 1.82) is 0 Å². The quantitative estimate of drug-likeness (QED) is 0.590. The molecule has 7 heteroatoms. The van der Waals surface area contributed by atoms with E-state index in [1.165, 1.54) is 7.11 Å². The molecule has 3 aromatic rings. The first kappa shape index (κ1) is 19.3. The average molecular weight is 398 g/mol. The Kier molecular flexibility index (Phi) is 5.87. The summed E-state index contributed by atoms with van der Waals surface area (Å²) < 4.78 is 16.4. The molecule has 2 aromatic carbocycles. The first-order chi connectivity index (χ1) is 13.5. The summed E-state index contributed by atoms with van der Waals surface area (Å²) in [6.45, 7) is 0.0401. The van der Waals surface area contributed by atoms with E-state index < -0.39 is 5.97 Å². The van der Waals surface area contributed by atoms with Crippen molar-refractivity contribution in [2.45, 2.75) is 6.42 Å². The van der Waals surface area contributed by atoms with Gasteiger partial charge in [-0.1, -0.05) is 29.7 Å². The molecular formula is C21H16ClNO5. The number of methoxy groups -OCH3 is 1. The first-order valence-corrected chi connectivity index (χ1v) is 8.61. The number of nitrogens with zero attached hydrogens (tertiary/aromatic N) is 1. The fourth-order valence-electron chi connectivity index (χ4n) is 2.64. The van der Waals surface area contributed by atoms with Crippen LogP contribution in [-0.4, -0.2) is 29.8 Å². The Morgan fingerprint density at radius 1 is 1.39 bits per heavy atom. The van der Waals surface area contributed by atoms with Crippen LogP contribution in [0.2, 0.25) is 5.02 Å². The first-order valence-electron chi connectivity index (χ1n) is 8.24. The molecule has 0 radical (unpaired) electrons. The highest BCUT2D eigenvalue weighted by Gasteiger charge is 2.16. The Morgan fingerprint density at radius 2 is 2.18 bits per heavy atom. The molecule has 3 rings (SSSR count). The molecule has 0 amide bonds. The number of oxazole rings is 1. The van der Waals surface area contributed by atoms with Gasteiger partial charge < -0.3 is 19.0 Å². The van der Waals surface area contributed by atoms with Gasteiger partial charge in [0.25, 0.3) is 0 Å². The van der Waals surface area contributed by atoms with Gasteiger partial charge in [0.2, 0.25) is 5.89 Å². The van der Waals surface area contributed by atoms with Crippen LogP contribution in [0.25, 0.3) is 22.7 Å². The number of halogens is 1. The fourth-order valence-corrected chi connectivity index (χ4v) is 2.91. The highest BCUT2D eigenvalue weighted by molar-refractivity contribution is 6.32. The number of carbonyl (C=O) groups is 1. The van der Waals surface area contributed by atoms with Crippen LogP contribution in [0.4, 0.5) is 0 Å². The number of terminal acetylenes is 1. The molecule has 0 atom stereocenters. The molecule has 28 heavy (non-hydrogen) atoms. The second-order valence-electron chi connectivity index (χ2n) is 5.75. The van der Waals surface area contributed by atoms with Gasteiger partial charge >= 0.3 is 5.97 Å². The van der Waals surface area contributed by atoms with Gasteiger partial charge in [-0.25, -0.2) is 4.98 Å². The van der Waals surface area contributed by atoms with E-state index in [0.717, 1.165) is 0 Å². The van der Waals surface area contributed by atoms with Crippen molar-refractivity contribution in [1.82, 2.24) is 4.98 Å². The third-order valence-corrected chi connectivity index (χ3v) is 4.08. The third kappa shape index (κ3) is 4.27. The Balaban J connectivity index is 2.06. The minimum Gasteiger partial charge on any atom is -0.493 e. The predicted molar refractivity (Wildman–Crippen MR) is 106 cm³/mol. The molecule has 142 valence electrons. The second kappa shape index (κ2) is 8.51. The maximum atomic E-state index is 11.4. The van der Waals surface area contributed by atoms with E-state index in [-0.39, 0.29) is 23.9 Å². The van der Waals surface area contributed by atoms with Crippen LogP contribution in [0.5, 0.6) is 11.5 Å². The van der Waals surface area contributed by atoms with Gasteiger partial charge in [0, 0.05) is 5.57 Å². The molecule has 0 saturated carbocycles. The number of hydrogen-bond acceptors (Lipinski definition) is 5. The summed E-state index contributed by atoms with van der Waals surface area (Å²) in [6, 6.07) is 10.5. The monoisotopic (exact) mass is 397 g/mol. The summed E-state index contributed by atoms with van der Waals surface area (Å²) in [5.41, 5.74) is 2.21. The number of carboxylic acid groups (broad SMARTS) is 1. The van der Waals surface area contributed by atoms with Crippen LogP contribution in [0, 0.1) is 12.3 Å². The van der Waals surface area contributed by atoms with E-state index in [0.29, 0.717) is 33.7 Å². The Labute approximate surface area is 166 Å². The summed E-state index contributed by atoms with van der Waals surface area (Å²) in [7, 11) is 1.47. The minimum absolute atomic E-state index is 0.0401. The van der Waals surface area contributed by atoms with Crippen LogP contribution in [0.1, 0.15) is 17.9 Å². The molecule has 6 nitrogen and oxygen atoms in total. The Morgan fingerprint density at radius 3 is 2.86 bits per heavy atom. The third-order valence-electron chi connectivity index (χ3n) is 3.80. The predicted octanol–water partition coefficient (Wildman–Crippen LogP) is 4.52. The molecule has 1 N–H and O–H groups in total. The lowest BCUT2D eigenvalue weighted by Crippen LogP contribution is -1.99. The summed E-state index contributed by atoms with van der Waals surface area (Å²) in [5, 5.41) is 9.58. The van der Waals surface area contributed by atoms with Crippen molar-refractivity contribution in [3.63, 3.8) is 0 Å². The number of fused-ring (bicyclic) bond motifs is 1. The largest absolute Gasteiger partial charge is 0.493 e. The van der Waals surface area contributed by atoms with Crippen molar-refractivity contribution >= 4 is 40.3 Å². The van der Waals surface area contributed by atoms with E-state index in [9.17, 15) is 9.90 Å². The van der Waals surface area contributed by atoms with Gasteiger partial charge in [-0.3, -0.25) is 4.79 Å². The SMILES string of the molecule is C#CCOc1c(Cl)cc(C=C(CC(=O)O)c2nc3ccccc3o2)cc1OC. The maximum Gasteiger partial charge on any atom is 0.308 e. The summed E-state index contributed by atoms with van der Waals surface area (Å²) in [6.07, 6.45) is 6.58. The van der Waals surface area contributed by atoms with E-state index in [4.69, 9.17) is 31.9 Å². The number of hydrogen-bond donors (Lipinski definition) is 1. The topological polar surface area (TPSA) is 81.8 Å². The van der Waals surface area contributed by atoms with Crippen LogP contribution in [-0.2, 0) is 4.79 Å². The maximum absolute atomic E-state index is 11.4. The van der Waals surface area contributed by atoms with Crippen LogP contribution < -0.4 is 9.47 Å². The lowest BCUT2D eigenvalue weighted by atomic mass is 10.1. The summed E-state index contributed by atoms with van der Waals surface area (Å²) in [4.78, 5) is 15.7. The fraction of sp³-hybridized carbons (Fsp3) is 0.143. The zero-order valence-corrected chi connectivity index (χ0v) is 15.7. The normalized spacial score (nSPS) is 11.2. The van der Waals surface area contributed by atoms with Crippen molar-refractivity contribution in [2.24, 2.45) is 0 Å². The number of para-hydroxylation sites is 2. The van der Waals surface area contributed by atoms with Gasteiger partial charge in [0.05, 0.1) is 18.6 Å². The van der Waals surface area contributed by atoms with Crippen LogP contribution in [0.15, 0.2) is 40.8 Å². The van der Waals surface area contributed by atoms with Gasteiger partial charge in [0.15, 0.2) is 17.1 Å². The molecule has 0 aliphatic heterocycles. The minimum atomic E-state index is -1.01. The van der Waals surface area contributed by atoms with Crippen molar-refractivity contribution in [2.75, 3.05) is 13.7 Å². The summed E-state index contributed by atoms with van der Waals surface area (Å²) in [5.74, 6) is 2.27. The molecule has 0 aliphatic rings. The number of ether oxygens (including phenoxy) is 2. The van der Waals surface area contributed by atoms with Gasteiger partial charge in [0.1, 0.15) is 12.1 Å². The average Bonchev–Trinajstić information content (AvgIpc) is 3.10.